The van der Waals surface area contributed by atoms with Crippen molar-refractivity contribution in [3.63, 3.8) is 0 Å². The SMILES string of the molecule is COc1cccc(NC(=O)c2ccc3[nH]c4c(c3c2)C2(CCC2)CNC4=O)c1. The summed E-state index contributed by atoms with van der Waals surface area (Å²) in [5.74, 6) is 0.435. The molecule has 142 valence electrons. The monoisotopic (exact) mass is 375 g/mol. The third kappa shape index (κ3) is 2.48. The highest BCUT2D eigenvalue weighted by molar-refractivity contribution is 6.09. The Balaban J connectivity index is 1.54. The lowest BCUT2D eigenvalue weighted by atomic mass is 9.62. The fraction of sp³-hybridized carbons (Fsp3) is 0.273. The third-order valence-corrected chi connectivity index (χ3v) is 6.04. The molecule has 0 bridgehead atoms. The fourth-order valence-electron chi connectivity index (χ4n) is 4.41. The molecule has 1 aromatic heterocycles. The Kier molecular flexibility index (Phi) is 3.69. The van der Waals surface area contributed by atoms with E-state index in [9.17, 15) is 9.59 Å². The largest absolute Gasteiger partial charge is 0.497 e. The number of amides is 2. The molecule has 5 rings (SSSR count). The van der Waals surface area contributed by atoms with Crippen LogP contribution in [0.15, 0.2) is 42.5 Å². The van der Waals surface area contributed by atoms with Crippen molar-refractivity contribution in [3.8, 4) is 5.75 Å². The molecule has 0 saturated heterocycles. The predicted molar refractivity (Wildman–Crippen MR) is 107 cm³/mol. The highest BCUT2D eigenvalue weighted by Crippen LogP contribution is 2.49. The number of hydrogen-bond donors (Lipinski definition) is 3. The number of carbonyl (C=O) groups is 2. The van der Waals surface area contributed by atoms with Crippen LogP contribution in [0.2, 0.25) is 0 Å². The zero-order valence-electron chi connectivity index (χ0n) is 15.6. The molecular formula is C22H21N3O3. The van der Waals surface area contributed by atoms with Crippen LogP contribution < -0.4 is 15.4 Å². The van der Waals surface area contributed by atoms with Gasteiger partial charge in [-0.15, -0.1) is 0 Å². The van der Waals surface area contributed by atoms with Crippen molar-refractivity contribution in [3.05, 3.63) is 59.3 Å². The molecule has 3 aromatic rings. The topological polar surface area (TPSA) is 83.2 Å². The van der Waals surface area contributed by atoms with Crippen LogP contribution in [-0.4, -0.2) is 30.5 Å². The van der Waals surface area contributed by atoms with Gasteiger partial charge >= 0.3 is 0 Å². The van der Waals surface area contributed by atoms with Crippen molar-refractivity contribution in [2.75, 3.05) is 19.0 Å². The molecule has 1 saturated carbocycles. The molecule has 6 heteroatoms. The lowest BCUT2D eigenvalue weighted by molar-refractivity contribution is 0.0892. The first-order valence-corrected chi connectivity index (χ1v) is 9.49. The highest BCUT2D eigenvalue weighted by Gasteiger charge is 2.46. The summed E-state index contributed by atoms with van der Waals surface area (Å²) < 4.78 is 5.21. The molecule has 1 aliphatic heterocycles. The number of fused-ring (bicyclic) bond motifs is 4. The van der Waals surface area contributed by atoms with Gasteiger partial charge in [0.25, 0.3) is 11.8 Å². The van der Waals surface area contributed by atoms with E-state index in [4.69, 9.17) is 4.74 Å². The van der Waals surface area contributed by atoms with Gasteiger partial charge in [0.05, 0.1) is 7.11 Å². The standard InChI is InChI=1S/C22H21N3O3/c1-28-15-5-2-4-14(11-15)24-20(26)13-6-7-17-16(10-13)18-19(25-17)21(27)23-12-22(18)8-3-9-22/h2,4-7,10-11,25H,3,8-9,12H2,1H3,(H,23,27)(H,24,26). The maximum absolute atomic E-state index is 12.8. The van der Waals surface area contributed by atoms with E-state index >= 15 is 0 Å². The van der Waals surface area contributed by atoms with E-state index in [0.29, 0.717) is 29.2 Å². The molecule has 28 heavy (non-hydrogen) atoms. The summed E-state index contributed by atoms with van der Waals surface area (Å²) in [5, 5.41) is 6.91. The maximum Gasteiger partial charge on any atom is 0.268 e. The smallest absolute Gasteiger partial charge is 0.268 e. The number of ether oxygens (including phenoxy) is 1. The minimum Gasteiger partial charge on any atom is -0.497 e. The summed E-state index contributed by atoms with van der Waals surface area (Å²) >= 11 is 0. The van der Waals surface area contributed by atoms with Crippen molar-refractivity contribution in [2.45, 2.75) is 24.7 Å². The van der Waals surface area contributed by atoms with Gasteiger partial charge in [-0.05, 0) is 48.7 Å². The first-order chi connectivity index (χ1) is 13.6. The summed E-state index contributed by atoms with van der Waals surface area (Å²) in [5.41, 5.74) is 3.86. The van der Waals surface area contributed by atoms with E-state index in [-0.39, 0.29) is 17.2 Å². The Hall–Kier alpha value is -3.28. The van der Waals surface area contributed by atoms with Crippen LogP contribution >= 0.6 is 0 Å². The average molecular weight is 375 g/mol. The van der Waals surface area contributed by atoms with Crippen molar-refractivity contribution >= 4 is 28.4 Å². The first-order valence-electron chi connectivity index (χ1n) is 9.49. The number of anilines is 1. The van der Waals surface area contributed by atoms with Gasteiger partial charge in [0.15, 0.2) is 0 Å². The lowest BCUT2D eigenvalue weighted by Gasteiger charge is -2.45. The number of methoxy groups -OCH3 is 1. The normalized spacial score (nSPS) is 17.0. The number of aromatic amines is 1. The second kappa shape index (κ2) is 6.12. The lowest BCUT2D eigenvalue weighted by Crippen LogP contribution is -2.50. The van der Waals surface area contributed by atoms with Gasteiger partial charge in [-0.25, -0.2) is 0 Å². The van der Waals surface area contributed by atoms with Crippen molar-refractivity contribution in [1.82, 2.24) is 10.3 Å². The molecule has 1 aliphatic carbocycles. The van der Waals surface area contributed by atoms with Crippen LogP contribution in [0, 0.1) is 0 Å². The van der Waals surface area contributed by atoms with Gasteiger partial charge in [-0.1, -0.05) is 12.5 Å². The highest BCUT2D eigenvalue weighted by atomic mass is 16.5. The second-order valence-electron chi connectivity index (χ2n) is 7.64. The number of benzene rings is 2. The fourth-order valence-corrected chi connectivity index (χ4v) is 4.41. The summed E-state index contributed by atoms with van der Waals surface area (Å²) in [4.78, 5) is 28.4. The van der Waals surface area contributed by atoms with Crippen molar-refractivity contribution in [1.29, 1.82) is 0 Å². The number of rotatable bonds is 3. The van der Waals surface area contributed by atoms with Crippen LogP contribution in [-0.2, 0) is 5.41 Å². The Morgan fingerprint density at radius 1 is 1.18 bits per heavy atom. The number of nitrogens with one attached hydrogen (secondary N) is 3. The predicted octanol–water partition coefficient (Wildman–Crippen LogP) is 3.59. The van der Waals surface area contributed by atoms with Crippen LogP contribution in [0.3, 0.4) is 0 Å². The van der Waals surface area contributed by atoms with E-state index in [1.54, 1.807) is 19.2 Å². The molecule has 1 fully saturated rings. The Labute approximate surface area is 162 Å². The van der Waals surface area contributed by atoms with E-state index < -0.39 is 0 Å². The molecular weight excluding hydrogens is 354 g/mol. The number of carbonyl (C=O) groups excluding carboxylic acids is 2. The summed E-state index contributed by atoms with van der Waals surface area (Å²) in [6.45, 7) is 0.673. The molecule has 0 unspecified atom stereocenters. The zero-order valence-corrected chi connectivity index (χ0v) is 15.6. The summed E-state index contributed by atoms with van der Waals surface area (Å²) in [7, 11) is 1.59. The Bertz CT molecular complexity index is 1110. The van der Waals surface area contributed by atoms with Gasteiger partial charge in [-0.3, -0.25) is 9.59 Å². The molecule has 3 N–H and O–H groups in total. The molecule has 2 aromatic carbocycles. The van der Waals surface area contributed by atoms with E-state index in [1.165, 1.54) is 0 Å². The van der Waals surface area contributed by atoms with Gasteiger partial charge < -0.3 is 20.4 Å². The Morgan fingerprint density at radius 2 is 2.04 bits per heavy atom. The minimum absolute atomic E-state index is 0.00336. The number of hydrogen-bond acceptors (Lipinski definition) is 3. The van der Waals surface area contributed by atoms with Gasteiger partial charge in [0.1, 0.15) is 11.4 Å². The average Bonchev–Trinajstić information content (AvgIpc) is 3.07. The molecule has 2 amide bonds. The van der Waals surface area contributed by atoms with Crippen LogP contribution in [0.4, 0.5) is 5.69 Å². The van der Waals surface area contributed by atoms with Gasteiger partial charge in [0, 0.05) is 40.2 Å². The Morgan fingerprint density at radius 3 is 2.79 bits per heavy atom. The zero-order chi connectivity index (χ0) is 19.3. The van der Waals surface area contributed by atoms with Crippen molar-refractivity contribution < 1.29 is 14.3 Å². The maximum atomic E-state index is 12.8. The number of H-pyrrole nitrogens is 1. The van der Waals surface area contributed by atoms with Crippen LogP contribution in [0.25, 0.3) is 10.9 Å². The molecule has 2 heterocycles. The molecule has 0 radical (unpaired) electrons. The second-order valence-corrected chi connectivity index (χ2v) is 7.64. The first kappa shape index (κ1) is 16.9. The van der Waals surface area contributed by atoms with Gasteiger partial charge in [-0.2, -0.15) is 0 Å². The summed E-state index contributed by atoms with van der Waals surface area (Å²) in [6.07, 6.45) is 3.29. The summed E-state index contributed by atoms with van der Waals surface area (Å²) in [6, 6.07) is 12.8. The minimum atomic E-state index is -0.187. The van der Waals surface area contributed by atoms with E-state index in [1.807, 2.05) is 30.3 Å². The van der Waals surface area contributed by atoms with Crippen LogP contribution in [0.1, 0.15) is 45.7 Å². The molecule has 6 nitrogen and oxygen atoms in total. The molecule has 2 aliphatic rings. The molecule has 0 atom stereocenters. The quantitative estimate of drug-likeness (QED) is 0.654. The number of aromatic nitrogens is 1. The molecule has 1 spiro atoms. The van der Waals surface area contributed by atoms with Gasteiger partial charge in [0.2, 0.25) is 0 Å². The third-order valence-electron chi connectivity index (χ3n) is 6.04. The van der Waals surface area contributed by atoms with E-state index in [2.05, 4.69) is 15.6 Å². The van der Waals surface area contributed by atoms with E-state index in [0.717, 1.165) is 35.7 Å². The van der Waals surface area contributed by atoms with Crippen LogP contribution in [0.5, 0.6) is 5.75 Å². The van der Waals surface area contributed by atoms with Crippen molar-refractivity contribution in [2.24, 2.45) is 0 Å².